The Labute approximate surface area is 579 Å². The van der Waals surface area contributed by atoms with Crippen molar-refractivity contribution >= 4 is 104 Å². The number of aliphatic hydroxyl groups is 1. The molecular weight excluding hydrogens is 1320 g/mol. The van der Waals surface area contributed by atoms with Crippen LogP contribution in [0.5, 0.6) is 5.75 Å². The maximum Gasteiger partial charge on any atom is 0.246 e. The fourth-order valence-corrected chi connectivity index (χ4v) is 14.5. The quantitative estimate of drug-likeness (QED) is 0.0740. The number of nitrogens with zero attached hydrogens (tertiary/aromatic N) is 3. The SMILES string of the molecule is COc1ccc(C[C@@H]2NC(=O)[C@H]([C@@H](C)O)NC(=O)[C@@H]3CCCN3C(=O)[C@H](Cc3c[nH]c4ccc(F)cc34)NC(=O)[C@H](Cc3c[nH]c4ccc(F)cc34)NC(=O)[C@@H](C)NC(=O)[C@H](CCCCN)NC(=O)CCSCc3cccc(n3)CSC[C@@H](C(N)=O)NC(=O)[C@]3(C)CCCN3C2=O)cc1. The number of pyridine rings is 1. The molecule has 6 aromatic rings. The predicted octanol–water partition coefficient (Wildman–Crippen LogP) is 2.71. The van der Waals surface area contributed by atoms with Gasteiger partial charge in [-0.05, 0) is 150 Å². The molecule has 26 nitrogen and oxygen atoms in total. The van der Waals surface area contributed by atoms with Crippen LogP contribution >= 0.6 is 23.5 Å². The van der Waals surface area contributed by atoms with Gasteiger partial charge >= 0.3 is 0 Å². The molecule has 0 unspecified atom stereocenters. The molecule has 3 aromatic carbocycles. The van der Waals surface area contributed by atoms with Gasteiger partial charge < -0.3 is 78.3 Å². The fourth-order valence-electron chi connectivity index (χ4n) is 12.6. The molecule has 530 valence electrons. The number of benzene rings is 3. The number of nitrogens with one attached hydrogen (secondary N) is 9. The number of carbonyl (C=O) groups excluding carboxylic acids is 10. The second-order valence-corrected chi connectivity index (χ2v) is 27.6. The van der Waals surface area contributed by atoms with Crippen LogP contribution in [-0.2, 0) is 78.7 Å². The monoisotopic (exact) mass is 1400 g/mol. The Morgan fingerprint density at radius 2 is 1.32 bits per heavy atom. The molecule has 3 aliphatic heterocycles. The average Bonchev–Trinajstić information content (AvgIpc) is 1.71. The van der Waals surface area contributed by atoms with Crippen LogP contribution in [0.4, 0.5) is 8.78 Å². The second-order valence-electron chi connectivity index (χ2n) is 25.4. The number of methoxy groups -OCH3 is 1. The van der Waals surface area contributed by atoms with E-state index in [0.717, 1.165) is 0 Å². The van der Waals surface area contributed by atoms with Gasteiger partial charge in [-0.2, -0.15) is 23.5 Å². The lowest BCUT2D eigenvalue weighted by Gasteiger charge is -2.37. The molecule has 2 saturated heterocycles. The highest BCUT2D eigenvalue weighted by Crippen LogP contribution is 2.32. The summed E-state index contributed by atoms with van der Waals surface area (Å²) in [5, 5.41) is 31.2. The summed E-state index contributed by atoms with van der Waals surface area (Å²) in [5.74, 6) is -7.42. The molecule has 3 aromatic heterocycles. The minimum absolute atomic E-state index is 0.00718. The van der Waals surface area contributed by atoms with Gasteiger partial charge in [0.25, 0.3) is 0 Å². The number of hydrogen-bond donors (Lipinski definition) is 12. The molecular formula is C69H86F2N14O12S2. The summed E-state index contributed by atoms with van der Waals surface area (Å²) >= 11 is 2.72. The number of aromatic amines is 2. The van der Waals surface area contributed by atoms with E-state index < -0.39 is 131 Å². The van der Waals surface area contributed by atoms with Crippen LogP contribution in [0.1, 0.15) is 100 Å². The number of H-pyrrole nitrogens is 2. The lowest BCUT2D eigenvalue weighted by molar-refractivity contribution is -0.147. The third kappa shape index (κ3) is 19.0. The van der Waals surface area contributed by atoms with Gasteiger partial charge in [-0.25, -0.2) is 8.78 Å². The summed E-state index contributed by atoms with van der Waals surface area (Å²) in [5.41, 5.74) is 13.8. The van der Waals surface area contributed by atoms with Crippen molar-refractivity contribution in [3.05, 3.63) is 131 Å². The zero-order valence-electron chi connectivity index (χ0n) is 55.6. The van der Waals surface area contributed by atoms with Gasteiger partial charge in [0, 0.05) is 96.0 Å². The first kappa shape index (κ1) is 74.1. The molecule has 14 N–H and O–H groups in total. The molecule has 6 heterocycles. The Kier molecular flexibility index (Phi) is 25.5. The van der Waals surface area contributed by atoms with Gasteiger partial charge in [0.1, 0.15) is 71.3 Å². The Morgan fingerprint density at radius 1 is 0.707 bits per heavy atom. The van der Waals surface area contributed by atoms with Crippen molar-refractivity contribution in [1.29, 1.82) is 0 Å². The Bertz CT molecular complexity index is 3930. The van der Waals surface area contributed by atoms with Gasteiger partial charge in [0.05, 0.1) is 24.6 Å². The molecule has 30 heteroatoms. The van der Waals surface area contributed by atoms with E-state index in [1.807, 2.05) is 12.1 Å². The summed E-state index contributed by atoms with van der Waals surface area (Å²) in [6.45, 7) is 4.51. The van der Waals surface area contributed by atoms with Crippen molar-refractivity contribution in [2.45, 2.75) is 163 Å². The molecule has 0 radical (unpaired) electrons. The minimum atomic E-state index is -1.76. The number of unbranched alkanes of at least 4 members (excludes halogenated alkanes) is 1. The number of fused-ring (bicyclic) bond motifs is 6. The smallest absolute Gasteiger partial charge is 0.246 e. The van der Waals surface area contributed by atoms with E-state index in [-0.39, 0.29) is 70.2 Å². The zero-order chi connectivity index (χ0) is 71.1. The molecule has 0 aliphatic carbocycles. The molecule has 10 amide bonds. The van der Waals surface area contributed by atoms with E-state index in [0.29, 0.717) is 98.7 Å². The van der Waals surface area contributed by atoms with E-state index in [4.69, 9.17) is 21.2 Å². The molecule has 0 saturated carbocycles. The van der Waals surface area contributed by atoms with E-state index >= 15 is 14.4 Å². The van der Waals surface area contributed by atoms with Crippen LogP contribution in [-0.4, -0.2) is 187 Å². The molecule has 2 bridgehead atoms. The normalized spacial score (nSPS) is 24.7. The molecule has 3 aliphatic rings. The number of primary amides is 1. The molecule has 2 fully saturated rings. The van der Waals surface area contributed by atoms with Crippen LogP contribution < -0.4 is 53.4 Å². The summed E-state index contributed by atoms with van der Waals surface area (Å²) in [4.78, 5) is 159. The lowest BCUT2D eigenvalue weighted by atomic mass is 9.95. The number of amides is 10. The fraction of sp³-hybridized carbons (Fsp3) is 0.464. The van der Waals surface area contributed by atoms with Crippen LogP contribution in [0.15, 0.2) is 91.3 Å². The lowest BCUT2D eigenvalue weighted by Crippen LogP contribution is -2.64. The van der Waals surface area contributed by atoms with Crippen molar-refractivity contribution in [3.8, 4) is 5.75 Å². The number of ether oxygens (including phenoxy) is 1. The van der Waals surface area contributed by atoms with Crippen LogP contribution in [0.3, 0.4) is 0 Å². The van der Waals surface area contributed by atoms with E-state index in [2.05, 4.69) is 47.2 Å². The second kappa shape index (κ2) is 34.1. The number of aliphatic hydroxyl groups excluding tert-OH is 1. The highest BCUT2D eigenvalue weighted by Gasteiger charge is 2.49. The maximum atomic E-state index is 15.4. The first-order valence-corrected chi connectivity index (χ1v) is 35.4. The zero-order valence-corrected chi connectivity index (χ0v) is 57.2. The van der Waals surface area contributed by atoms with Gasteiger partial charge in [-0.15, -0.1) is 0 Å². The minimum Gasteiger partial charge on any atom is -0.497 e. The largest absolute Gasteiger partial charge is 0.497 e. The summed E-state index contributed by atoms with van der Waals surface area (Å²) < 4.78 is 35.3. The number of hydrogen-bond acceptors (Lipinski definition) is 16. The number of halogens is 2. The van der Waals surface area contributed by atoms with Gasteiger partial charge in [0.15, 0.2) is 0 Å². The number of thioether (sulfide) groups is 2. The third-order valence-corrected chi connectivity index (χ3v) is 20.2. The Hall–Kier alpha value is -9.13. The highest BCUT2D eigenvalue weighted by molar-refractivity contribution is 7.98. The van der Waals surface area contributed by atoms with E-state index in [1.165, 1.54) is 103 Å². The number of nitrogens with two attached hydrogens (primary N) is 2. The molecule has 9 rings (SSSR count). The van der Waals surface area contributed by atoms with Crippen molar-refractivity contribution in [3.63, 3.8) is 0 Å². The predicted molar refractivity (Wildman–Crippen MR) is 369 cm³/mol. The number of aromatic nitrogens is 3. The summed E-state index contributed by atoms with van der Waals surface area (Å²) in [6, 6.07) is 8.81. The third-order valence-electron chi connectivity index (χ3n) is 18.2. The first-order valence-electron chi connectivity index (χ1n) is 33.1. The molecule has 0 spiro atoms. The van der Waals surface area contributed by atoms with Gasteiger partial charge in [-0.3, -0.25) is 52.9 Å². The van der Waals surface area contributed by atoms with Crippen molar-refractivity contribution in [2.75, 3.05) is 38.2 Å². The molecule has 99 heavy (non-hydrogen) atoms. The van der Waals surface area contributed by atoms with Crippen LogP contribution in [0, 0.1) is 11.6 Å². The first-order chi connectivity index (χ1) is 47.4. The van der Waals surface area contributed by atoms with E-state index in [9.17, 15) is 47.4 Å². The topological polar surface area (TPSA) is 387 Å². The van der Waals surface area contributed by atoms with Crippen molar-refractivity contribution < 1.29 is 66.6 Å². The molecule has 10 atom stereocenters. The van der Waals surface area contributed by atoms with Crippen LogP contribution in [0.25, 0.3) is 21.8 Å². The van der Waals surface area contributed by atoms with Crippen molar-refractivity contribution in [2.24, 2.45) is 11.5 Å². The average molecular weight is 1410 g/mol. The highest BCUT2D eigenvalue weighted by atomic mass is 32.2. The Balaban J connectivity index is 1.04. The maximum absolute atomic E-state index is 15.4. The summed E-state index contributed by atoms with van der Waals surface area (Å²) in [7, 11) is 1.48. The summed E-state index contributed by atoms with van der Waals surface area (Å²) in [6.07, 6.45) is 2.64. The standard InChI is InChI=1S/C69H86F2N14O12S2/c1-38-61(89)79-53(29-41-33-74-50-20-16-43(70)31-48(41)50)63(91)80-55(30-42-34-75-51-21-17-44(71)32-49(42)51)66(94)84-25-8-13-57(84)64(92)83-59(39(2)86)65(93)81-54(28-40-14-18-47(97-4)19-15-40)67(95)85-26-9-23-69(85,3)68(96)82-56(60(73)88)37-99-36-46-11-7-10-45(77-46)35-98-27-22-58(87)78-52(62(90)76-38)12-5-6-24-72/h7,10-11,14-21,31-34,38-39,52-57,59,74-75,86H,5-6,8-9,12-13,22-30,35-37,72H2,1-4H3,(H2,73,88)(H,76,90)(H,78,87)(H,79,89)(H,80,91)(H,81,93)(H,82,96)(H,83,92)/t38-,39-,52+,53+,54+,55+,56+,57+,59+,69+/m1/s1. The number of carbonyl (C=O) groups is 10. The van der Waals surface area contributed by atoms with Crippen molar-refractivity contribution in [1.82, 2.24) is 62.0 Å². The van der Waals surface area contributed by atoms with Gasteiger partial charge in [-0.1, -0.05) is 18.2 Å². The number of rotatable bonds is 13. The van der Waals surface area contributed by atoms with Crippen LogP contribution in [0.2, 0.25) is 0 Å². The van der Waals surface area contributed by atoms with Gasteiger partial charge in [0.2, 0.25) is 59.1 Å². The Morgan fingerprint density at radius 3 is 1.96 bits per heavy atom. The van der Waals surface area contributed by atoms with E-state index in [1.54, 1.807) is 37.3 Å².